The minimum absolute atomic E-state index is 0.0616. The van der Waals surface area contributed by atoms with Gasteiger partial charge in [0.25, 0.3) is 0 Å². The molecule has 3 rings (SSSR count). The van der Waals surface area contributed by atoms with Crippen LogP contribution in [0.3, 0.4) is 0 Å². The first kappa shape index (κ1) is 20.6. The molecule has 0 fully saturated rings. The number of rotatable bonds is 7. The summed E-state index contributed by atoms with van der Waals surface area (Å²) in [5, 5.41) is 17.8. The maximum atomic E-state index is 13.2. The summed E-state index contributed by atoms with van der Waals surface area (Å²) < 4.78 is 1.98. The van der Waals surface area contributed by atoms with E-state index < -0.39 is 0 Å². The van der Waals surface area contributed by atoms with Crippen molar-refractivity contribution in [1.82, 2.24) is 14.8 Å². The lowest BCUT2D eigenvalue weighted by Crippen LogP contribution is -2.37. The molecule has 1 heterocycles. The lowest BCUT2D eigenvalue weighted by atomic mass is 10.2. The van der Waals surface area contributed by atoms with Gasteiger partial charge in [0.2, 0.25) is 5.91 Å². The number of carbonyl (C=O) groups excluding carboxylic acids is 1. The molecule has 0 aliphatic carbocycles. The molecule has 0 aliphatic heterocycles. The minimum atomic E-state index is -0.389. The van der Waals surface area contributed by atoms with Gasteiger partial charge < -0.3 is 4.90 Å². The Hall–Kier alpha value is -3.11. The zero-order chi connectivity index (χ0) is 20.8. The Balaban J connectivity index is 1.86. The highest BCUT2D eigenvalue weighted by Gasteiger charge is 2.25. The average molecular weight is 406 g/mol. The van der Waals surface area contributed by atoms with Crippen molar-refractivity contribution >= 4 is 23.4 Å². The van der Waals surface area contributed by atoms with Crippen LogP contribution in [0.2, 0.25) is 0 Å². The zero-order valence-electron chi connectivity index (χ0n) is 16.7. The average Bonchev–Trinajstić information content (AvgIpc) is 3.09. The second kappa shape index (κ2) is 9.39. The van der Waals surface area contributed by atoms with Crippen molar-refractivity contribution in [1.29, 1.82) is 5.26 Å². The highest BCUT2D eigenvalue weighted by atomic mass is 32.2. The molecule has 0 radical (unpaired) electrons. The van der Waals surface area contributed by atoms with Crippen molar-refractivity contribution in [2.75, 3.05) is 11.4 Å². The standard InChI is InChI=1S/C22H23N5OS/c1-16-10-7-8-13-20(16)27-18(3)24-25-22(27)29-17(2)21(28)26(15-9-14-23)19-11-5-4-6-12-19/h4-8,10-13,17H,9,15H2,1-3H3. The fraction of sp³-hybridized carbons (Fsp3) is 0.273. The van der Waals surface area contributed by atoms with E-state index in [0.717, 1.165) is 22.8 Å². The monoisotopic (exact) mass is 405 g/mol. The van der Waals surface area contributed by atoms with Gasteiger partial charge in [0, 0.05) is 12.2 Å². The third-order valence-electron chi connectivity index (χ3n) is 4.56. The molecule has 1 atom stereocenters. The van der Waals surface area contributed by atoms with Gasteiger partial charge in [0.1, 0.15) is 5.82 Å². The molecule has 0 spiro atoms. The Kier molecular flexibility index (Phi) is 6.68. The highest BCUT2D eigenvalue weighted by molar-refractivity contribution is 8.00. The summed E-state index contributed by atoms with van der Waals surface area (Å²) in [5.41, 5.74) is 2.90. The largest absolute Gasteiger partial charge is 0.310 e. The Labute approximate surface area is 175 Å². The first-order valence-corrected chi connectivity index (χ1v) is 10.3. The number of anilines is 1. The van der Waals surface area contributed by atoms with Crippen molar-refractivity contribution in [2.24, 2.45) is 0 Å². The molecule has 0 aliphatic rings. The fourth-order valence-corrected chi connectivity index (χ4v) is 4.04. The fourth-order valence-electron chi connectivity index (χ4n) is 3.08. The number of benzene rings is 2. The van der Waals surface area contributed by atoms with Crippen LogP contribution >= 0.6 is 11.8 Å². The van der Waals surface area contributed by atoms with Gasteiger partial charge in [-0.15, -0.1) is 10.2 Å². The number of nitriles is 1. The van der Waals surface area contributed by atoms with Crippen molar-refractivity contribution in [3.63, 3.8) is 0 Å². The summed E-state index contributed by atoms with van der Waals surface area (Å²) >= 11 is 1.37. The lowest BCUT2D eigenvalue weighted by molar-refractivity contribution is -0.117. The number of carbonyl (C=O) groups is 1. The second-order valence-corrected chi connectivity index (χ2v) is 7.95. The summed E-state index contributed by atoms with van der Waals surface area (Å²) in [4.78, 5) is 14.9. The molecule has 0 saturated heterocycles. The van der Waals surface area contributed by atoms with Crippen LogP contribution in [0.25, 0.3) is 5.69 Å². The Bertz CT molecular complexity index is 1030. The predicted octanol–water partition coefficient (Wildman–Crippen LogP) is 4.31. The molecule has 1 aromatic heterocycles. The quantitative estimate of drug-likeness (QED) is 0.548. The second-order valence-electron chi connectivity index (χ2n) is 6.65. The van der Waals surface area contributed by atoms with Crippen LogP contribution in [0.5, 0.6) is 0 Å². The Morgan fingerprint density at radius 1 is 1.14 bits per heavy atom. The van der Waals surface area contributed by atoms with Crippen LogP contribution in [0.1, 0.15) is 24.7 Å². The Morgan fingerprint density at radius 3 is 2.52 bits per heavy atom. The van der Waals surface area contributed by atoms with E-state index in [1.54, 1.807) is 4.90 Å². The van der Waals surface area contributed by atoms with Gasteiger partial charge in [0.05, 0.1) is 23.4 Å². The topological polar surface area (TPSA) is 74.8 Å². The van der Waals surface area contributed by atoms with Crippen molar-refractivity contribution in [2.45, 2.75) is 37.6 Å². The third kappa shape index (κ3) is 4.66. The summed E-state index contributed by atoms with van der Waals surface area (Å²) in [7, 11) is 0. The van der Waals surface area contributed by atoms with E-state index in [-0.39, 0.29) is 17.6 Å². The van der Waals surface area contributed by atoms with Gasteiger partial charge in [-0.3, -0.25) is 9.36 Å². The van der Waals surface area contributed by atoms with Crippen LogP contribution in [0, 0.1) is 25.2 Å². The molecule has 7 heteroatoms. The molecule has 1 amide bonds. The molecule has 0 saturated carbocycles. The maximum Gasteiger partial charge on any atom is 0.240 e. The van der Waals surface area contributed by atoms with E-state index in [1.807, 2.05) is 79.9 Å². The molecule has 2 aromatic carbocycles. The minimum Gasteiger partial charge on any atom is -0.310 e. The normalized spacial score (nSPS) is 11.7. The Morgan fingerprint density at radius 2 is 1.83 bits per heavy atom. The first-order chi connectivity index (χ1) is 14.0. The number of amides is 1. The van der Waals surface area contributed by atoms with Gasteiger partial charge in [-0.05, 0) is 44.5 Å². The van der Waals surface area contributed by atoms with E-state index in [4.69, 9.17) is 5.26 Å². The predicted molar refractivity (Wildman–Crippen MR) is 115 cm³/mol. The van der Waals surface area contributed by atoms with E-state index in [2.05, 4.69) is 16.3 Å². The summed E-state index contributed by atoms with van der Waals surface area (Å²) in [6.07, 6.45) is 0.274. The lowest BCUT2D eigenvalue weighted by Gasteiger charge is -2.25. The molecule has 6 nitrogen and oxygen atoms in total. The van der Waals surface area contributed by atoms with Gasteiger partial charge in [-0.1, -0.05) is 48.2 Å². The van der Waals surface area contributed by atoms with Crippen LogP contribution < -0.4 is 4.90 Å². The maximum absolute atomic E-state index is 13.2. The molecule has 148 valence electrons. The van der Waals surface area contributed by atoms with E-state index in [1.165, 1.54) is 11.8 Å². The third-order valence-corrected chi connectivity index (χ3v) is 5.59. The van der Waals surface area contributed by atoms with Crippen LogP contribution in [0.4, 0.5) is 5.69 Å². The van der Waals surface area contributed by atoms with Gasteiger partial charge in [-0.2, -0.15) is 5.26 Å². The molecular weight excluding hydrogens is 382 g/mol. The molecule has 3 aromatic rings. The number of aryl methyl sites for hydroxylation is 2. The van der Waals surface area contributed by atoms with Crippen LogP contribution in [-0.4, -0.2) is 32.5 Å². The van der Waals surface area contributed by atoms with Crippen molar-refractivity contribution < 1.29 is 4.79 Å². The number of nitrogens with zero attached hydrogens (tertiary/aromatic N) is 5. The number of para-hydroxylation sites is 2. The number of hydrogen-bond acceptors (Lipinski definition) is 5. The first-order valence-electron chi connectivity index (χ1n) is 9.41. The van der Waals surface area contributed by atoms with E-state index in [0.29, 0.717) is 11.7 Å². The van der Waals surface area contributed by atoms with Crippen molar-refractivity contribution in [3.8, 4) is 11.8 Å². The number of hydrogen-bond donors (Lipinski definition) is 0. The summed E-state index contributed by atoms with van der Waals surface area (Å²) in [6, 6.07) is 19.6. The highest BCUT2D eigenvalue weighted by Crippen LogP contribution is 2.29. The van der Waals surface area contributed by atoms with Gasteiger partial charge in [-0.25, -0.2) is 0 Å². The van der Waals surface area contributed by atoms with E-state index >= 15 is 0 Å². The summed E-state index contributed by atoms with van der Waals surface area (Å²) in [6.45, 7) is 6.16. The van der Waals surface area contributed by atoms with Crippen molar-refractivity contribution in [3.05, 3.63) is 66.0 Å². The number of aromatic nitrogens is 3. The van der Waals surface area contributed by atoms with Gasteiger partial charge in [0.15, 0.2) is 5.16 Å². The smallest absolute Gasteiger partial charge is 0.240 e. The van der Waals surface area contributed by atoms with E-state index in [9.17, 15) is 4.79 Å². The molecule has 0 N–H and O–H groups in total. The molecule has 29 heavy (non-hydrogen) atoms. The zero-order valence-corrected chi connectivity index (χ0v) is 17.6. The summed E-state index contributed by atoms with van der Waals surface area (Å²) in [5.74, 6) is 0.708. The molecular formula is C22H23N5OS. The van der Waals surface area contributed by atoms with Crippen LogP contribution in [-0.2, 0) is 4.79 Å². The van der Waals surface area contributed by atoms with Gasteiger partial charge >= 0.3 is 0 Å². The number of thioether (sulfide) groups is 1. The SMILES string of the molecule is Cc1ccccc1-n1c(C)nnc1SC(C)C(=O)N(CCC#N)c1ccccc1. The van der Waals surface area contributed by atoms with Crippen LogP contribution in [0.15, 0.2) is 59.8 Å². The molecule has 1 unspecified atom stereocenters. The molecule has 0 bridgehead atoms.